The molecule has 1 aliphatic carbocycles. The van der Waals surface area contributed by atoms with E-state index in [-0.39, 0.29) is 29.3 Å². The maximum absolute atomic E-state index is 13.0. The average molecular weight is 411 g/mol. The van der Waals surface area contributed by atoms with Crippen LogP contribution in [0, 0.1) is 5.92 Å². The number of carbonyl (C=O) groups is 1. The summed E-state index contributed by atoms with van der Waals surface area (Å²) in [7, 11) is -0.391. The zero-order valence-electron chi connectivity index (χ0n) is 16.6. The van der Waals surface area contributed by atoms with Gasteiger partial charge in [-0.3, -0.25) is 4.79 Å². The number of aliphatic hydroxyl groups is 1. The average Bonchev–Trinajstić information content (AvgIpc) is 2.73. The highest BCUT2D eigenvalue weighted by Crippen LogP contribution is 2.28. The smallest absolute Gasteiger partial charge is 0.243 e. The quantitative estimate of drug-likeness (QED) is 0.801. The van der Waals surface area contributed by atoms with Crippen LogP contribution in [0.3, 0.4) is 0 Å². The Hall–Kier alpha value is -1.64. The van der Waals surface area contributed by atoms with E-state index in [1.54, 1.807) is 24.1 Å². The Kier molecular flexibility index (Phi) is 6.62. The maximum atomic E-state index is 13.0. The van der Waals surface area contributed by atoms with Crippen LogP contribution in [0.2, 0.25) is 0 Å². The molecule has 1 aromatic rings. The Balaban J connectivity index is 1.71. The standard InChI is InChI=1S/C20H30N2O5S/c1-21(18-7-3-4-8-19(18)23)20(24)15-6-5-13-22(14-15)28(25,26)17-11-9-16(27-2)10-12-17/h9-12,15,18-19,23H,3-8,13-14H2,1-2H3. The van der Waals surface area contributed by atoms with E-state index in [1.165, 1.54) is 23.5 Å². The highest BCUT2D eigenvalue weighted by molar-refractivity contribution is 7.89. The number of hydrogen-bond donors (Lipinski definition) is 1. The van der Waals surface area contributed by atoms with Gasteiger partial charge < -0.3 is 14.7 Å². The summed E-state index contributed by atoms with van der Waals surface area (Å²) in [5.41, 5.74) is 0. The molecule has 3 unspecified atom stereocenters. The second-order valence-electron chi connectivity index (χ2n) is 7.75. The molecule has 8 heteroatoms. The van der Waals surface area contributed by atoms with Gasteiger partial charge in [-0.25, -0.2) is 8.42 Å². The Morgan fingerprint density at radius 3 is 2.46 bits per heavy atom. The molecule has 0 radical (unpaired) electrons. The largest absolute Gasteiger partial charge is 0.497 e. The van der Waals surface area contributed by atoms with Gasteiger partial charge >= 0.3 is 0 Å². The molecule has 2 fully saturated rings. The van der Waals surface area contributed by atoms with E-state index in [9.17, 15) is 18.3 Å². The summed E-state index contributed by atoms with van der Waals surface area (Å²) < 4.78 is 32.5. The summed E-state index contributed by atoms with van der Waals surface area (Å²) in [6, 6.07) is 6.14. The van der Waals surface area contributed by atoms with Crippen molar-refractivity contribution in [3.05, 3.63) is 24.3 Å². The van der Waals surface area contributed by atoms with Crippen LogP contribution in [0.25, 0.3) is 0 Å². The number of sulfonamides is 1. The normalized spacial score (nSPS) is 26.6. The lowest BCUT2D eigenvalue weighted by atomic mass is 9.90. The van der Waals surface area contributed by atoms with E-state index >= 15 is 0 Å². The van der Waals surface area contributed by atoms with Crippen LogP contribution < -0.4 is 4.74 Å². The topological polar surface area (TPSA) is 87.2 Å². The molecular weight excluding hydrogens is 380 g/mol. The summed E-state index contributed by atoms with van der Waals surface area (Å²) >= 11 is 0. The van der Waals surface area contributed by atoms with Gasteiger partial charge in [0.05, 0.1) is 30.1 Å². The maximum Gasteiger partial charge on any atom is 0.243 e. The number of ether oxygens (including phenoxy) is 1. The first-order valence-electron chi connectivity index (χ1n) is 9.93. The fourth-order valence-corrected chi connectivity index (χ4v) is 5.78. The zero-order chi connectivity index (χ0) is 20.3. The minimum absolute atomic E-state index is 0.0689. The first-order chi connectivity index (χ1) is 13.3. The van der Waals surface area contributed by atoms with Crippen LogP contribution in [0.1, 0.15) is 38.5 Å². The number of rotatable bonds is 5. The van der Waals surface area contributed by atoms with Gasteiger partial charge in [-0.05, 0) is 49.9 Å². The SMILES string of the molecule is COc1ccc(S(=O)(=O)N2CCCC(C(=O)N(C)C3CCCCC3O)C2)cc1. The third-order valence-corrected chi connectivity index (χ3v) is 7.85. The van der Waals surface area contributed by atoms with E-state index in [4.69, 9.17) is 4.74 Å². The lowest BCUT2D eigenvalue weighted by Crippen LogP contribution is -2.51. The summed E-state index contributed by atoms with van der Waals surface area (Å²) in [4.78, 5) is 14.9. The molecule has 7 nitrogen and oxygen atoms in total. The van der Waals surface area contributed by atoms with E-state index in [2.05, 4.69) is 0 Å². The Morgan fingerprint density at radius 1 is 1.14 bits per heavy atom. The minimum Gasteiger partial charge on any atom is -0.497 e. The minimum atomic E-state index is -3.66. The third kappa shape index (κ3) is 4.34. The Morgan fingerprint density at radius 2 is 1.82 bits per heavy atom. The van der Waals surface area contributed by atoms with Crippen molar-refractivity contribution >= 4 is 15.9 Å². The molecule has 3 atom stereocenters. The number of nitrogens with zero attached hydrogens (tertiary/aromatic N) is 2. The second kappa shape index (κ2) is 8.80. The molecule has 2 aliphatic rings. The van der Waals surface area contributed by atoms with Crippen molar-refractivity contribution in [2.75, 3.05) is 27.2 Å². The fourth-order valence-electron chi connectivity index (χ4n) is 4.25. The van der Waals surface area contributed by atoms with Crippen LogP contribution in [-0.2, 0) is 14.8 Å². The van der Waals surface area contributed by atoms with Gasteiger partial charge in [-0.15, -0.1) is 0 Å². The molecule has 156 valence electrons. The van der Waals surface area contributed by atoms with Crippen molar-refractivity contribution in [3.8, 4) is 5.75 Å². The van der Waals surface area contributed by atoms with Crippen LogP contribution in [-0.4, -0.2) is 68.0 Å². The second-order valence-corrected chi connectivity index (χ2v) is 9.68. The predicted molar refractivity (Wildman–Crippen MR) is 106 cm³/mol. The van der Waals surface area contributed by atoms with E-state index in [1.807, 2.05) is 0 Å². The zero-order valence-corrected chi connectivity index (χ0v) is 17.4. The molecule has 1 aromatic carbocycles. The van der Waals surface area contributed by atoms with Crippen molar-refractivity contribution in [2.24, 2.45) is 5.92 Å². The number of likely N-dealkylation sites (N-methyl/N-ethyl adjacent to an activating group) is 1. The number of benzene rings is 1. The molecule has 28 heavy (non-hydrogen) atoms. The molecule has 3 rings (SSSR count). The Bertz CT molecular complexity index is 780. The molecule has 1 aliphatic heterocycles. The van der Waals surface area contributed by atoms with Gasteiger partial charge in [0.1, 0.15) is 5.75 Å². The number of hydrogen-bond acceptors (Lipinski definition) is 5. The number of carbonyl (C=O) groups excluding carboxylic acids is 1. The molecule has 1 saturated heterocycles. The van der Waals surface area contributed by atoms with Crippen LogP contribution >= 0.6 is 0 Å². The number of amides is 1. The van der Waals surface area contributed by atoms with Crippen molar-refractivity contribution < 1.29 is 23.1 Å². The highest BCUT2D eigenvalue weighted by atomic mass is 32.2. The molecule has 1 saturated carbocycles. The van der Waals surface area contributed by atoms with Crippen molar-refractivity contribution in [1.82, 2.24) is 9.21 Å². The van der Waals surface area contributed by atoms with Crippen molar-refractivity contribution in [1.29, 1.82) is 0 Å². The van der Waals surface area contributed by atoms with Crippen molar-refractivity contribution in [2.45, 2.75) is 55.6 Å². The molecule has 1 N–H and O–H groups in total. The summed E-state index contributed by atoms with van der Waals surface area (Å²) in [6.45, 7) is 0.592. The molecule has 0 aromatic heterocycles. The lowest BCUT2D eigenvalue weighted by Gasteiger charge is -2.39. The molecule has 0 spiro atoms. The first kappa shape index (κ1) is 21.1. The summed E-state index contributed by atoms with van der Waals surface area (Å²) in [5, 5.41) is 10.2. The fraction of sp³-hybridized carbons (Fsp3) is 0.650. The van der Waals surface area contributed by atoms with Gasteiger partial charge in [0.25, 0.3) is 0 Å². The Labute approximate surface area is 167 Å². The van der Waals surface area contributed by atoms with E-state index in [0.717, 1.165) is 19.3 Å². The van der Waals surface area contributed by atoms with Crippen molar-refractivity contribution in [3.63, 3.8) is 0 Å². The number of aliphatic hydroxyl groups excluding tert-OH is 1. The summed E-state index contributed by atoms with van der Waals surface area (Å²) in [6.07, 6.45) is 4.31. The predicted octanol–water partition coefficient (Wildman–Crippen LogP) is 1.86. The van der Waals surface area contributed by atoms with Gasteiger partial charge in [0.15, 0.2) is 0 Å². The molecular formula is C20H30N2O5S. The first-order valence-corrected chi connectivity index (χ1v) is 11.4. The monoisotopic (exact) mass is 410 g/mol. The van der Waals surface area contributed by atoms with Gasteiger partial charge in [0.2, 0.25) is 15.9 Å². The van der Waals surface area contributed by atoms with Gasteiger partial charge in [-0.1, -0.05) is 12.8 Å². The molecule has 1 heterocycles. The summed E-state index contributed by atoms with van der Waals surface area (Å²) in [5.74, 6) is 0.153. The molecule has 1 amide bonds. The lowest BCUT2D eigenvalue weighted by molar-refractivity contribution is -0.140. The van der Waals surface area contributed by atoms with Crippen LogP contribution in [0.5, 0.6) is 5.75 Å². The number of methoxy groups -OCH3 is 1. The van der Waals surface area contributed by atoms with Crippen LogP contribution in [0.4, 0.5) is 0 Å². The van der Waals surface area contributed by atoms with Crippen LogP contribution in [0.15, 0.2) is 29.2 Å². The number of piperidine rings is 1. The third-order valence-electron chi connectivity index (χ3n) is 5.97. The molecule has 0 bridgehead atoms. The highest BCUT2D eigenvalue weighted by Gasteiger charge is 2.37. The van der Waals surface area contributed by atoms with E-state index in [0.29, 0.717) is 31.6 Å². The van der Waals surface area contributed by atoms with Gasteiger partial charge in [-0.2, -0.15) is 4.31 Å². The van der Waals surface area contributed by atoms with Gasteiger partial charge in [0, 0.05) is 20.1 Å². The van der Waals surface area contributed by atoms with E-state index < -0.39 is 16.1 Å².